The second-order valence-corrected chi connectivity index (χ2v) is 5.73. The Morgan fingerprint density at radius 1 is 1.00 bits per heavy atom. The van der Waals surface area contributed by atoms with Gasteiger partial charge in [-0.15, -0.1) is 0 Å². The number of halogens is 2. The first kappa shape index (κ1) is 13.6. The highest BCUT2D eigenvalue weighted by molar-refractivity contribution is 7.99. The molecule has 0 heterocycles. The van der Waals surface area contributed by atoms with E-state index in [2.05, 4.69) is 0 Å². The Hall–Kier alpha value is -0.830. The van der Waals surface area contributed by atoms with Gasteiger partial charge in [0.25, 0.3) is 0 Å². The summed E-state index contributed by atoms with van der Waals surface area (Å²) in [6.07, 6.45) is 0. The van der Waals surface area contributed by atoms with Crippen molar-refractivity contribution in [3.63, 3.8) is 0 Å². The molecule has 2 aromatic carbocycles. The van der Waals surface area contributed by atoms with E-state index in [1.807, 2.05) is 43.3 Å². The summed E-state index contributed by atoms with van der Waals surface area (Å²) in [4.78, 5) is 1.96. The maximum absolute atomic E-state index is 6.21. The summed E-state index contributed by atoms with van der Waals surface area (Å²) in [5, 5.41) is 1.36. The van der Waals surface area contributed by atoms with E-state index in [1.165, 1.54) is 0 Å². The van der Waals surface area contributed by atoms with Gasteiger partial charge in [-0.2, -0.15) is 0 Å². The summed E-state index contributed by atoms with van der Waals surface area (Å²) in [5.74, 6) is 0.834. The first-order valence-corrected chi connectivity index (χ1v) is 6.95. The molecule has 18 heavy (non-hydrogen) atoms. The Morgan fingerprint density at radius 3 is 2.06 bits per heavy atom. The molecule has 2 rings (SSSR count). The zero-order valence-electron chi connectivity index (χ0n) is 10.0. The van der Waals surface area contributed by atoms with Gasteiger partial charge < -0.3 is 4.74 Å². The first-order valence-electron chi connectivity index (χ1n) is 5.37. The molecule has 0 spiro atoms. The number of ether oxygens (including phenoxy) is 1. The molecule has 0 unspecified atom stereocenters. The Morgan fingerprint density at radius 2 is 1.56 bits per heavy atom. The minimum absolute atomic E-state index is 0.681. The van der Waals surface area contributed by atoms with Gasteiger partial charge in [0.15, 0.2) is 0 Å². The number of methoxy groups -OCH3 is 1. The van der Waals surface area contributed by atoms with E-state index in [9.17, 15) is 0 Å². The summed E-state index contributed by atoms with van der Waals surface area (Å²) in [6.45, 7) is 1.97. The fourth-order valence-corrected chi connectivity index (χ4v) is 3.19. The summed E-state index contributed by atoms with van der Waals surface area (Å²) in [7, 11) is 1.65. The Kier molecular flexibility index (Phi) is 4.44. The van der Waals surface area contributed by atoms with Crippen molar-refractivity contribution in [2.75, 3.05) is 7.11 Å². The van der Waals surface area contributed by atoms with E-state index in [0.717, 1.165) is 21.1 Å². The van der Waals surface area contributed by atoms with E-state index in [4.69, 9.17) is 27.9 Å². The van der Waals surface area contributed by atoms with Crippen LogP contribution in [0.1, 0.15) is 5.56 Å². The smallest absolute Gasteiger partial charge is 0.118 e. The number of benzene rings is 2. The van der Waals surface area contributed by atoms with Crippen LogP contribution in [0.15, 0.2) is 46.2 Å². The quantitative estimate of drug-likeness (QED) is 0.744. The molecule has 0 aliphatic rings. The van der Waals surface area contributed by atoms with Crippen LogP contribution in [0, 0.1) is 6.92 Å². The van der Waals surface area contributed by atoms with Crippen molar-refractivity contribution in [3.05, 3.63) is 52.0 Å². The van der Waals surface area contributed by atoms with Gasteiger partial charge >= 0.3 is 0 Å². The van der Waals surface area contributed by atoms with Gasteiger partial charge in [0.05, 0.1) is 17.2 Å². The highest BCUT2D eigenvalue weighted by Crippen LogP contribution is 2.39. The summed E-state index contributed by atoms with van der Waals surface area (Å²) in [6, 6.07) is 11.6. The summed E-state index contributed by atoms with van der Waals surface area (Å²) >= 11 is 14.0. The number of rotatable bonds is 3. The SMILES string of the molecule is COc1ccc(Sc2c(Cl)cc(C)cc2Cl)cc1. The first-order chi connectivity index (χ1) is 8.60. The van der Waals surface area contributed by atoms with Crippen molar-refractivity contribution in [1.29, 1.82) is 0 Å². The molecule has 0 saturated carbocycles. The van der Waals surface area contributed by atoms with Gasteiger partial charge in [-0.25, -0.2) is 0 Å². The third kappa shape index (κ3) is 3.14. The standard InChI is InChI=1S/C14H12Cl2OS/c1-9-7-12(15)14(13(16)8-9)18-11-5-3-10(17-2)4-6-11/h3-8H,1-2H3. The highest BCUT2D eigenvalue weighted by atomic mass is 35.5. The molecule has 0 N–H and O–H groups in total. The predicted molar refractivity (Wildman–Crippen MR) is 78.3 cm³/mol. The monoisotopic (exact) mass is 298 g/mol. The molecule has 4 heteroatoms. The van der Waals surface area contributed by atoms with Crippen molar-refractivity contribution in [2.45, 2.75) is 16.7 Å². The fourth-order valence-electron chi connectivity index (χ4n) is 1.55. The lowest BCUT2D eigenvalue weighted by molar-refractivity contribution is 0.414. The molecule has 0 fully saturated rings. The van der Waals surface area contributed by atoms with Crippen LogP contribution in [-0.2, 0) is 0 Å². The fraction of sp³-hybridized carbons (Fsp3) is 0.143. The van der Waals surface area contributed by atoms with Crippen LogP contribution in [0.3, 0.4) is 0 Å². The van der Waals surface area contributed by atoms with E-state index in [-0.39, 0.29) is 0 Å². The lowest BCUT2D eigenvalue weighted by Gasteiger charge is -2.08. The van der Waals surface area contributed by atoms with Crippen LogP contribution < -0.4 is 4.74 Å². The van der Waals surface area contributed by atoms with Crippen molar-refractivity contribution >= 4 is 35.0 Å². The van der Waals surface area contributed by atoms with Gasteiger partial charge in [0, 0.05) is 9.79 Å². The summed E-state index contributed by atoms with van der Waals surface area (Å²) < 4.78 is 5.12. The van der Waals surface area contributed by atoms with Crippen LogP contribution in [0.5, 0.6) is 5.75 Å². The molecule has 0 saturated heterocycles. The molecule has 0 aromatic heterocycles. The van der Waals surface area contributed by atoms with E-state index in [0.29, 0.717) is 10.0 Å². The van der Waals surface area contributed by atoms with Gasteiger partial charge in [-0.3, -0.25) is 0 Å². The van der Waals surface area contributed by atoms with Crippen LogP contribution >= 0.6 is 35.0 Å². The molecule has 0 aliphatic carbocycles. The number of hydrogen-bond donors (Lipinski definition) is 0. The molecule has 0 atom stereocenters. The summed E-state index contributed by atoms with van der Waals surface area (Å²) in [5.41, 5.74) is 1.06. The third-order valence-electron chi connectivity index (χ3n) is 2.42. The maximum Gasteiger partial charge on any atom is 0.118 e. The predicted octanol–water partition coefficient (Wildman–Crippen LogP) is 5.46. The van der Waals surface area contributed by atoms with Crippen LogP contribution in [0.4, 0.5) is 0 Å². The average molecular weight is 299 g/mol. The highest BCUT2D eigenvalue weighted by Gasteiger charge is 2.09. The molecular formula is C14H12Cl2OS. The van der Waals surface area contributed by atoms with Crippen LogP contribution in [0.25, 0.3) is 0 Å². The zero-order valence-corrected chi connectivity index (χ0v) is 12.4. The second-order valence-electron chi connectivity index (χ2n) is 3.84. The van der Waals surface area contributed by atoms with Gasteiger partial charge in [0.1, 0.15) is 5.75 Å². The Bertz CT molecular complexity index is 529. The minimum atomic E-state index is 0.681. The molecule has 1 nitrogen and oxygen atoms in total. The third-order valence-corrected chi connectivity index (χ3v) is 4.39. The van der Waals surface area contributed by atoms with Crippen molar-refractivity contribution < 1.29 is 4.74 Å². The number of hydrogen-bond acceptors (Lipinski definition) is 2. The minimum Gasteiger partial charge on any atom is -0.497 e. The largest absolute Gasteiger partial charge is 0.497 e. The Balaban J connectivity index is 2.28. The van der Waals surface area contributed by atoms with Crippen molar-refractivity contribution in [3.8, 4) is 5.75 Å². The van der Waals surface area contributed by atoms with Crippen LogP contribution in [0.2, 0.25) is 10.0 Å². The molecule has 94 valence electrons. The Labute approximate surface area is 121 Å². The average Bonchev–Trinajstić information content (AvgIpc) is 2.34. The van der Waals surface area contributed by atoms with Crippen LogP contribution in [-0.4, -0.2) is 7.11 Å². The molecule has 0 aliphatic heterocycles. The van der Waals surface area contributed by atoms with E-state index < -0.39 is 0 Å². The molecule has 0 bridgehead atoms. The number of aryl methyl sites for hydroxylation is 1. The van der Waals surface area contributed by atoms with Gasteiger partial charge in [-0.1, -0.05) is 35.0 Å². The lowest BCUT2D eigenvalue weighted by atomic mass is 10.2. The molecule has 2 aromatic rings. The lowest BCUT2D eigenvalue weighted by Crippen LogP contribution is -1.83. The van der Waals surface area contributed by atoms with E-state index in [1.54, 1.807) is 18.9 Å². The van der Waals surface area contributed by atoms with Gasteiger partial charge in [0.2, 0.25) is 0 Å². The molecular weight excluding hydrogens is 287 g/mol. The van der Waals surface area contributed by atoms with Crippen molar-refractivity contribution in [2.24, 2.45) is 0 Å². The normalized spacial score (nSPS) is 10.4. The topological polar surface area (TPSA) is 9.23 Å². The molecule has 0 radical (unpaired) electrons. The second kappa shape index (κ2) is 5.87. The van der Waals surface area contributed by atoms with Crippen molar-refractivity contribution in [1.82, 2.24) is 0 Å². The zero-order chi connectivity index (χ0) is 13.1. The van der Waals surface area contributed by atoms with E-state index >= 15 is 0 Å². The maximum atomic E-state index is 6.21. The molecule has 0 amide bonds. The van der Waals surface area contributed by atoms with Gasteiger partial charge in [-0.05, 0) is 48.9 Å².